The first-order valence-electron chi connectivity index (χ1n) is 6.03. The van der Waals surface area contributed by atoms with Crippen molar-refractivity contribution in [1.82, 2.24) is 4.31 Å². The van der Waals surface area contributed by atoms with Crippen molar-refractivity contribution in [2.45, 2.75) is 18.0 Å². The number of benzene rings is 1. The van der Waals surface area contributed by atoms with Gasteiger partial charge in [-0.3, -0.25) is 0 Å². The second-order valence-corrected chi connectivity index (χ2v) is 7.62. The van der Waals surface area contributed by atoms with Crippen molar-refractivity contribution in [3.8, 4) is 0 Å². The van der Waals surface area contributed by atoms with Gasteiger partial charge in [0.15, 0.2) is 4.67 Å². The molecule has 0 amide bonds. The van der Waals surface area contributed by atoms with E-state index in [1.54, 1.807) is 18.2 Å². The van der Waals surface area contributed by atoms with Gasteiger partial charge in [-0.05, 0) is 33.6 Å². The summed E-state index contributed by atoms with van der Waals surface area (Å²) in [6, 6.07) is 8.48. The quantitative estimate of drug-likeness (QED) is 0.847. The van der Waals surface area contributed by atoms with Crippen molar-refractivity contribution in [1.29, 1.82) is 0 Å². The molecule has 0 aliphatic rings. The van der Waals surface area contributed by atoms with Gasteiger partial charge in [-0.15, -0.1) is 0 Å². The fraction of sp³-hybridized carbons (Fsp3) is 0.231. The predicted octanol–water partition coefficient (Wildman–Crippen LogP) is 2.97. The largest absolute Gasteiger partial charge is 0.452 e. The summed E-state index contributed by atoms with van der Waals surface area (Å²) in [5.41, 5.74) is 6.25. The van der Waals surface area contributed by atoms with Gasteiger partial charge in [-0.25, -0.2) is 8.42 Å². The van der Waals surface area contributed by atoms with Crippen molar-refractivity contribution in [3.63, 3.8) is 0 Å². The van der Waals surface area contributed by atoms with E-state index in [1.165, 1.54) is 17.4 Å². The number of hydrogen-bond donors (Lipinski definition) is 1. The summed E-state index contributed by atoms with van der Waals surface area (Å²) in [5.74, 6) is 0.400. The molecule has 1 aromatic heterocycles. The van der Waals surface area contributed by atoms with Gasteiger partial charge >= 0.3 is 0 Å². The molecule has 1 aromatic carbocycles. The fourth-order valence-corrected chi connectivity index (χ4v) is 4.15. The molecule has 0 saturated heterocycles. The maximum absolute atomic E-state index is 12.5. The summed E-state index contributed by atoms with van der Waals surface area (Å²) in [6.07, 6.45) is 0. The van der Waals surface area contributed by atoms with Crippen LogP contribution >= 0.6 is 27.5 Å². The maximum Gasteiger partial charge on any atom is 0.247 e. The van der Waals surface area contributed by atoms with Crippen LogP contribution in [0.1, 0.15) is 11.3 Å². The van der Waals surface area contributed by atoms with E-state index in [-0.39, 0.29) is 22.7 Å². The Morgan fingerprint density at radius 1 is 1.38 bits per heavy atom. The van der Waals surface area contributed by atoms with Crippen molar-refractivity contribution in [3.05, 3.63) is 51.3 Å². The molecule has 0 aliphatic carbocycles. The smallest absolute Gasteiger partial charge is 0.247 e. The van der Waals surface area contributed by atoms with Crippen LogP contribution in [0.25, 0.3) is 0 Å². The SMILES string of the molecule is CN(Cc1cccc(Cl)c1)S(=O)(=O)c1cc(CN)oc1Br. The third-order valence-electron chi connectivity index (χ3n) is 2.89. The number of nitrogens with two attached hydrogens (primary N) is 1. The molecule has 0 aliphatic heterocycles. The summed E-state index contributed by atoms with van der Waals surface area (Å²) in [5, 5.41) is 0.563. The van der Waals surface area contributed by atoms with Gasteiger partial charge in [0.1, 0.15) is 10.7 Å². The van der Waals surface area contributed by atoms with Gasteiger partial charge in [-0.2, -0.15) is 4.31 Å². The highest BCUT2D eigenvalue weighted by atomic mass is 79.9. The minimum atomic E-state index is -3.68. The van der Waals surface area contributed by atoms with Crippen LogP contribution in [0.15, 0.2) is 44.3 Å². The molecule has 0 atom stereocenters. The predicted molar refractivity (Wildman–Crippen MR) is 84.4 cm³/mol. The molecule has 2 N–H and O–H groups in total. The summed E-state index contributed by atoms with van der Waals surface area (Å²) < 4.78 is 31.7. The van der Waals surface area contributed by atoms with Gasteiger partial charge in [0.2, 0.25) is 10.0 Å². The molecule has 8 heteroatoms. The summed E-state index contributed by atoms with van der Waals surface area (Å²) in [7, 11) is -2.18. The minimum Gasteiger partial charge on any atom is -0.452 e. The normalized spacial score (nSPS) is 12.0. The molecular formula is C13H14BrClN2O3S. The van der Waals surface area contributed by atoms with Crippen molar-refractivity contribution < 1.29 is 12.8 Å². The Kier molecular flexibility index (Phi) is 5.11. The lowest BCUT2D eigenvalue weighted by Crippen LogP contribution is -2.26. The molecule has 0 unspecified atom stereocenters. The number of furan rings is 1. The second kappa shape index (κ2) is 6.50. The Balaban J connectivity index is 2.28. The zero-order valence-corrected chi connectivity index (χ0v) is 14.4. The van der Waals surface area contributed by atoms with E-state index in [2.05, 4.69) is 15.9 Å². The van der Waals surface area contributed by atoms with Crippen LogP contribution in [0.4, 0.5) is 0 Å². The van der Waals surface area contributed by atoms with Crippen LogP contribution in [0.5, 0.6) is 0 Å². The molecule has 0 saturated carbocycles. The molecule has 0 bridgehead atoms. The lowest BCUT2D eigenvalue weighted by Gasteiger charge is -2.16. The number of hydrogen-bond acceptors (Lipinski definition) is 4. The molecule has 114 valence electrons. The van der Waals surface area contributed by atoms with Crippen LogP contribution in [0.3, 0.4) is 0 Å². The molecule has 5 nitrogen and oxygen atoms in total. The van der Waals surface area contributed by atoms with Gasteiger partial charge in [0.05, 0.1) is 6.54 Å². The van der Waals surface area contributed by atoms with Crippen LogP contribution < -0.4 is 5.73 Å². The molecule has 0 fully saturated rings. The van der Waals surface area contributed by atoms with Gasteiger partial charge in [0.25, 0.3) is 0 Å². The van der Waals surface area contributed by atoms with Gasteiger partial charge in [0, 0.05) is 24.7 Å². The fourth-order valence-electron chi connectivity index (χ4n) is 1.82. The highest BCUT2D eigenvalue weighted by Crippen LogP contribution is 2.29. The highest BCUT2D eigenvalue weighted by Gasteiger charge is 2.26. The van der Waals surface area contributed by atoms with E-state index in [9.17, 15) is 8.42 Å². The first-order chi connectivity index (χ1) is 9.84. The number of rotatable bonds is 5. The van der Waals surface area contributed by atoms with Crippen LogP contribution in [0, 0.1) is 0 Å². The van der Waals surface area contributed by atoms with E-state index in [0.29, 0.717) is 10.8 Å². The zero-order valence-electron chi connectivity index (χ0n) is 11.2. The third-order valence-corrected chi connectivity index (χ3v) is 5.79. The van der Waals surface area contributed by atoms with Gasteiger partial charge < -0.3 is 10.2 Å². The third kappa shape index (κ3) is 3.67. The number of nitrogens with zero attached hydrogens (tertiary/aromatic N) is 1. The lowest BCUT2D eigenvalue weighted by atomic mass is 10.2. The highest BCUT2D eigenvalue weighted by molar-refractivity contribution is 9.10. The Morgan fingerprint density at radius 2 is 2.10 bits per heavy atom. The first kappa shape index (κ1) is 16.5. The Morgan fingerprint density at radius 3 is 2.67 bits per heavy atom. The molecular weight excluding hydrogens is 380 g/mol. The minimum absolute atomic E-state index is 0.0625. The van der Waals surface area contributed by atoms with E-state index >= 15 is 0 Å². The van der Waals surface area contributed by atoms with Crippen LogP contribution in [-0.2, 0) is 23.1 Å². The molecule has 2 rings (SSSR count). The monoisotopic (exact) mass is 392 g/mol. The standard InChI is InChI=1S/C13H14BrClN2O3S/c1-17(8-9-3-2-4-10(15)5-9)21(18,19)12-6-11(7-16)20-13(12)14/h2-6H,7-8,16H2,1H3. The van der Waals surface area contributed by atoms with E-state index < -0.39 is 10.0 Å². The lowest BCUT2D eigenvalue weighted by molar-refractivity contribution is 0.458. The van der Waals surface area contributed by atoms with Crippen LogP contribution in [-0.4, -0.2) is 19.8 Å². The molecule has 21 heavy (non-hydrogen) atoms. The maximum atomic E-state index is 12.5. The average molecular weight is 394 g/mol. The first-order valence-corrected chi connectivity index (χ1v) is 8.64. The van der Waals surface area contributed by atoms with Crippen molar-refractivity contribution in [2.75, 3.05) is 7.05 Å². The average Bonchev–Trinajstić information content (AvgIpc) is 2.80. The zero-order chi connectivity index (χ0) is 15.6. The van der Waals surface area contributed by atoms with Crippen molar-refractivity contribution >= 4 is 37.6 Å². The van der Waals surface area contributed by atoms with E-state index in [1.807, 2.05) is 6.07 Å². The Bertz CT molecular complexity index is 746. The summed E-state index contributed by atoms with van der Waals surface area (Å²) in [6.45, 7) is 0.338. The Labute approximate surface area is 136 Å². The second-order valence-electron chi connectivity index (χ2n) is 4.45. The molecule has 0 radical (unpaired) electrons. The molecule has 2 aromatic rings. The van der Waals surface area contributed by atoms with Crippen LogP contribution in [0.2, 0.25) is 5.02 Å². The summed E-state index contributed by atoms with van der Waals surface area (Å²) in [4.78, 5) is 0.0625. The Hall–Kier alpha value is -0.860. The van der Waals surface area contributed by atoms with Crippen molar-refractivity contribution in [2.24, 2.45) is 5.73 Å². The number of halogens is 2. The topological polar surface area (TPSA) is 76.5 Å². The molecule has 0 spiro atoms. The van der Waals surface area contributed by atoms with E-state index in [4.69, 9.17) is 21.8 Å². The summed E-state index contributed by atoms with van der Waals surface area (Å²) >= 11 is 9.01. The van der Waals surface area contributed by atoms with E-state index in [0.717, 1.165) is 5.56 Å². The number of sulfonamides is 1. The van der Waals surface area contributed by atoms with Gasteiger partial charge in [-0.1, -0.05) is 23.7 Å². The molecule has 1 heterocycles.